The molecule has 9 heteroatoms. The average Bonchev–Trinajstić information content (AvgIpc) is 2.92. The molecule has 0 unspecified atom stereocenters. The van der Waals surface area contributed by atoms with Gasteiger partial charge in [0.15, 0.2) is 0 Å². The molecule has 1 saturated carbocycles. The molecule has 0 radical (unpaired) electrons. The third-order valence-electron chi connectivity index (χ3n) is 5.70. The highest BCUT2D eigenvalue weighted by molar-refractivity contribution is 5.28. The summed E-state index contributed by atoms with van der Waals surface area (Å²) in [4.78, 5) is 13.5. The van der Waals surface area contributed by atoms with Crippen LogP contribution >= 0.6 is 0 Å². The van der Waals surface area contributed by atoms with Crippen LogP contribution in [0, 0.1) is 0 Å². The van der Waals surface area contributed by atoms with Crippen molar-refractivity contribution in [1.82, 2.24) is 29.6 Å². The van der Waals surface area contributed by atoms with Crippen molar-refractivity contribution in [2.45, 2.75) is 44.3 Å². The van der Waals surface area contributed by atoms with Crippen molar-refractivity contribution >= 4 is 5.95 Å². The molecule has 28 heavy (non-hydrogen) atoms. The number of hydrogen-bond donors (Lipinski definition) is 1. The van der Waals surface area contributed by atoms with Gasteiger partial charge in [-0.05, 0) is 25.3 Å². The van der Waals surface area contributed by atoms with E-state index in [4.69, 9.17) is 10.5 Å². The zero-order valence-electron chi connectivity index (χ0n) is 16.6. The lowest BCUT2D eigenvalue weighted by atomic mass is 9.80. The molecular formula is C19H30N8O. The van der Waals surface area contributed by atoms with E-state index in [0.29, 0.717) is 18.6 Å². The molecule has 0 amide bonds. The highest BCUT2D eigenvalue weighted by atomic mass is 16.5. The fraction of sp³-hybridized carbons (Fsp3) is 0.684. The molecule has 2 fully saturated rings. The number of anilines is 1. The summed E-state index contributed by atoms with van der Waals surface area (Å²) >= 11 is 0. The maximum Gasteiger partial charge on any atom is 0.225 e. The molecule has 2 N–H and O–H groups in total. The summed E-state index contributed by atoms with van der Waals surface area (Å²) in [5.74, 6) is 3.35. The Labute approximate surface area is 165 Å². The summed E-state index contributed by atoms with van der Waals surface area (Å²) in [5, 5.41) is 9.06. The van der Waals surface area contributed by atoms with Crippen molar-refractivity contribution in [2.24, 2.45) is 5.73 Å². The summed E-state index contributed by atoms with van der Waals surface area (Å²) in [5.41, 5.74) is 5.99. The minimum absolute atomic E-state index is 0.304. The Balaban J connectivity index is 1.42. The second kappa shape index (κ2) is 8.93. The predicted molar refractivity (Wildman–Crippen MR) is 106 cm³/mol. The van der Waals surface area contributed by atoms with Gasteiger partial charge in [-0.2, -0.15) is 0 Å². The van der Waals surface area contributed by atoms with Crippen LogP contribution in [-0.4, -0.2) is 75.6 Å². The first-order chi connectivity index (χ1) is 13.7. The molecule has 0 bridgehead atoms. The smallest absolute Gasteiger partial charge is 0.225 e. The van der Waals surface area contributed by atoms with Gasteiger partial charge in [-0.1, -0.05) is 0 Å². The molecule has 0 spiro atoms. The van der Waals surface area contributed by atoms with Crippen molar-refractivity contribution in [1.29, 1.82) is 0 Å². The maximum absolute atomic E-state index is 5.99. The van der Waals surface area contributed by atoms with Gasteiger partial charge < -0.3 is 19.9 Å². The van der Waals surface area contributed by atoms with Gasteiger partial charge in [0, 0.05) is 64.2 Å². The molecule has 1 saturated heterocycles. The van der Waals surface area contributed by atoms with Crippen molar-refractivity contribution < 1.29 is 4.74 Å². The maximum atomic E-state index is 5.99. The quantitative estimate of drug-likeness (QED) is 0.740. The van der Waals surface area contributed by atoms with Crippen molar-refractivity contribution in [3.05, 3.63) is 30.1 Å². The molecule has 3 heterocycles. The molecule has 2 aromatic rings. The van der Waals surface area contributed by atoms with Crippen molar-refractivity contribution in [3.63, 3.8) is 0 Å². The van der Waals surface area contributed by atoms with Crippen LogP contribution in [0.1, 0.15) is 36.8 Å². The Morgan fingerprint density at radius 2 is 1.93 bits per heavy atom. The van der Waals surface area contributed by atoms with Gasteiger partial charge >= 0.3 is 0 Å². The van der Waals surface area contributed by atoms with Gasteiger partial charge in [0.25, 0.3) is 0 Å². The highest BCUT2D eigenvalue weighted by Gasteiger charge is 2.32. The molecular weight excluding hydrogens is 356 g/mol. The monoisotopic (exact) mass is 386 g/mol. The van der Waals surface area contributed by atoms with E-state index in [-0.39, 0.29) is 0 Å². The van der Waals surface area contributed by atoms with Gasteiger partial charge in [-0.3, -0.25) is 4.90 Å². The Morgan fingerprint density at radius 3 is 2.68 bits per heavy atom. The van der Waals surface area contributed by atoms with Crippen LogP contribution in [-0.2, 0) is 17.8 Å². The Morgan fingerprint density at radius 1 is 1.11 bits per heavy atom. The van der Waals surface area contributed by atoms with Crippen LogP contribution in [0.5, 0.6) is 0 Å². The van der Waals surface area contributed by atoms with Gasteiger partial charge in [0.05, 0.1) is 13.2 Å². The zero-order chi connectivity index (χ0) is 19.3. The van der Waals surface area contributed by atoms with E-state index < -0.39 is 0 Å². The molecule has 2 aromatic heterocycles. The Hall–Kier alpha value is -2.10. The van der Waals surface area contributed by atoms with E-state index in [9.17, 15) is 0 Å². The molecule has 1 aliphatic carbocycles. The minimum atomic E-state index is 0.304. The fourth-order valence-corrected chi connectivity index (χ4v) is 4.05. The minimum Gasteiger partial charge on any atom is -0.383 e. The number of hydrogen-bond acceptors (Lipinski definition) is 8. The number of nitrogens with two attached hydrogens (primary N) is 1. The highest BCUT2D eigenvalue weighted by Crippen LogP contribution is 2.35. The van der Waals surface area contributed by atoms with Crippen molar-refractivity contribution in [2.75, 3.05) is 44.8 Å². The summed E-state index contributed by atoms with van der Waals surface area (Å²) < 4.78 is 7.57. The summed E-state index contributed by atoms with van der Waals surface area (Å²) in [6.45, 7) is 6.14. The van der Waals surface area contributed by atoms with Crippen LogP contribution in [0.15, 0.2) is 18.5 Å². The summed E-state index contributed by atoms with van der Waals surface area (Å²) in [6, 6.07) is 2.16. The molecule has 0 aromatic carbocycles. The number of ether oxygens (including phenoxy) is 1. The first-order valence-corrected chi connectivity index (χ1v) is 10.2. The first kappa shape index (κ1) is 19.2. The standard InChI is InChI=1S/C19H30N8O/c1-28-11-10-27-17(23-24-18(27)15-12-16(20)13-15)14-25-6-3-7-26(9-8-25)19-21-4-2-5-22-19/h2,4-5,15-16H,3,6-14,20H2,1H3. The van der Waals surface area contributed by atoms with E-state index >= 15 is 0 Å². The van der Waals surface area contributed by atoms with Gasteiger partial charge in [0.1, 0.15) is 11.6 Å². The van der Waals surface area contributed by atoms with E-state index in [1.807, 2.05) is 6.07 Å². The number of nitrogens with zero attached hydrogens (tertiary/aromatic N) is 7. The molecule has 152 valence electrons. The topological polar surface area (TPSA) is 98.2 Å². The molecule has 2 aliphatic rings. The second-order valence-corrected chi connectivity index (χ2v) is 7.71. The van der Waals surface area contributed by atoms with Gasteiger partial charge in [0.2, 0.25) is 5.95 Å². The number of methoxy groups -OCH3 is 1. The zero-order valence-corrected chi connectivity index (χ0v) is 16.6. The third kappa shape index (κ3) is 4.31. The lowest BCUT2D eigenvalue weighted by Gasteiger charge is -2.32. The van der Waals surface area contributed by atoms with E-state index in [0.717, 1.165) is 76.1 Å². The van der Waals surface area contributed by atoms with Gasteiger partial charge in [-0.25, -0.2) is 9.97 Å². The first-order valence-electron chi connectivity index (χ1n) is 10.2. The summed E-state index contributed by atoms with van der Waals surface area (Å²) in [7, 11) is 1.73. The van der Waals surface area contributed by atoms with Crippen LogP contribution in [0.25, 0.3) is 0 Å². The van der Waals surface area contributed by atoms with E-state index in [2.05, 4.69) is 34.5 Å². The van der Waals surface area contributed by atoms with E-state index in [1.54, 1.807) is 19.5 Å². The molecule has 0 atom stereocenters. The molecule has 4 rings (SSSR count). The third-order valence-corrected chi connectivity index (χ3v) is 5.70. The molecule has 1 aliphatic heterocycles. The van der Waals surface area contributed by atoms with Crippen LogP contribution in [0.4, 0.5) is 5.95 Å². The normalized spacial score (nSPS) is 23.4. The van der Waals surface area contributed by atoms with E-state index in [1.165, 1.54) is 0 Å². The fourth-order valence-electron chi connectivity index (χ4n) is 4.05. The lowest BCUT2D eigenvalue weighted by molar-refractivity contribution is 0.181. The number of aromatic nitrogens is 5. The van der Waals surface area contributed by atoms with Crippen LogP contribution in [0.2, 0.25) is 0 Å². The second-order valence-electron chi connectivity index (χ2n) is 7.71. The molecule has 9 nitrogen and oxygen atoms in total. The van der Waals surface area contributed by atoms with Gasteiger partial charge in [-0.15, -0.1) is 10.2 Å². The lowest BCUT2D eigenvalue weighted by Crippen LogP contribution is -2.36. The SMILES string of the molecule is COCCn1c(CN2CCCN(c3ncccn3)CC2)nnc1C1CC(N)C1. The predicted octanol–water partition coefficient (Wildman–Crippen LogP) is 0.632. The van der Waals surface area contributed by atoms with Crippen LogP contribution < -0.4 is 10.6 Å². The Kier molecular flexibility index (Phi) is 6.13. The Bertz CT molecular complexity index is 746. The average molecular weight is 387 g/mol. The van der Waals surface area contributed by atoms with Crippen molar-refractivity contribution in [3.8, 4) is 0 Å². The number of rotatable bonds is 7. The van der Waals surface area contributed by atoms with Crippen LogP contribution in [0.3, 0.4) is 0 Å². The summed E-state index contributed by atoms with van der Waals surface area (Å²) in [6.07, 6.45) is 6.69. The largest absolute Gasteiger partial charge is 0.383 e.